The lowest BCUT2D eigenvalue weighted by molar-refractivity contribution is -0.193. The molecule has 3 aromatic rings. The van der Waals surface area contributed by atoms with Crippen molar-refractivity contribution < 1.29 is 55.7 Å². The maximum atomic E-state index is 13.6. The van der Waals surface area contributed by atoms with Crippen LogP contribution in [-0.4, -0.2) is 66.8 Å². The Balaban J connectivity index is 0.000000629. The van der Waals surface area contributed by atoms with E-state index in [1.54, 1.807) is 24.5 Å². The number of carbonyl (C=O) groups is 4. The van der Waals surface area contributed by atoms with Crippen LogP contribution in [0.3, 0.4) is 0 Å². The van der Waals surface area contributed by atoms with Crippen molar-refractivity contribution in [3.8, 4) is 0 Å². The number of nitrogens with one attached hydrogen (secondary N) is 2. The summed E-state index contributed by atoms with van der Waals surface area (Å²) in [5, 5.41) is 17.3. The van der Waals surface area contributed by atoms with Gasteiger partial charge in [0.15, 0.2) is 0 Å². The molecule has 2 amide bonds. The predicted octanol–water partition coefficient (Wildman–Crippen LogP) is 5.67. The van der Waals surface area contributed by atoms with Crippen molar-refractivity contribution >= 4 is 29.4 Å². The number of benzene rings is 1. The van der Waals surface area contributed by atoms with Crippen LogP contribution in [0, 0.1) is 0 Å². The van der Waals surface area contributed by atoms with Crippen LogP contribution in [-0.2, 0) is 19.8 Å². The first-order valence-corrected chi connectivity index (χ1v) is 13.1. The summed E-state index contributed by atoms with van der Waals surface area (Å²) >= 11 is 0. The van der Waals surface area contributed by atoms with E-state index in [4.69, 9.17) is 19.8 Å². The molecule has 0 bridgehead atoms. The number of aliphatic carboxylic acids is 2. The SMILES string of the molecule is CC(C)(C)NC(=O)[C@@H](c1cccnc1)N(C(=O)c1cnc[nH]1)c1ccc(C(C)(C)C)cc1.O=C(O)C(F)(F)F.O=C(O)C(F)(F)F. The minimum Gasteiger partial charge on any atom is -0.475 e. The van der Waals surface area contributed by atoms with E-state index in [0.29, 0.717) is 16.9 Å². The highest BCUT2D eigenvalue weighted by Crippen LogP contribution is 2.32. The Morgan fingerprint density at radius 1 is 0.804 bits per heavy atom. The number of hydrogen-bond acceptors (Lipinski definition) is 6. The summed E-state index contributed by atoms with van der Waals surface area (Å²) in [5.41, 5.74) is 2.13. The smallest absolute Gasteiger partial charge is 0.475 e. The highest BCUT2D eigenvalue weighted by Gasteiger charge is 2.39. The number of carboxylic acids is 2. The number of imidazole rings is 1. The third-order valence-corrected chi connectivity index (χ3v) is 5.45. The van der Waals surface area contributed by atoms with Gasteiger partial charge in [0.25, 0.3) is 5.91 Å². The van der Waals surface area contributed by atoms with E-state index >= 15 is 0 Å². The second-order valence-corrected chi connectivity index (χ2v) is 11.5. The summed E-state index contributed by atoms with van der Waals surface area (Å²) in [6, 6.07) is 10.4. The molecule has 0 aliphatic carbocycles. The van der Waals surface area contributed by atoms with Crippen LogP contribution in [0.25, 0.3) is 0 Å². The lowest BCUT2D eigenvalue weighted by Gasteiger charge is -2.33. The Morgan fingerprint density at radius 3 is 1.65 bits per heavy atom. The van der Waals surface area contributed by atoms with Gasteiger partial charge < -0.3 is 20.5 Å². The zero-order valence-corrected chi connectivity index (χ0v) is 25.5. The fraction of sp³-hybridized carbons (Fsp3) is 0.379. The van der Waals surface area contributed by atoms with E-state index in [-0.39, 0.29) is 17.2 Å². The quantitative estimate of drug-likeness (QED) is 0.254. The van der Waals surface area contributed by atoms with Crippen LogP contribution in [0.15, 0.2) is 61.3 Å². The first-order valence-electron chi connectivity index (χ1n) is 13.1. The van der Waals surface area contributed by atoms with E-state index in [1.165, 1.54) is 17.4 Å². The number of anilines is 1. The molecular weight excluding hydrogens is 628 g/mol. The number of hydrogen-bond donors (Lipinski definition) is 4. The standard InChI is InChI=1S/C25H31N5O2.2C2HF3O2/c1-24(2,3)18-9-11-19(12-10-18)30(23(32)20-15-27-16-28-20)21(17-8-7-13-26-14-17)22(31)29-25(4,5)6;2*3-2(4,5)1(6)7/h7-16,21H,1-6H3,(H,27,28)(H,29,31);2*(H,6,7)/t21-;;/m1../s1. The van der Waals surface area contributed by atoms with Crippen LogP contribution >= 0.6 is 0 Å². The third kappa shape index (κ3) is 12.6. The summed E-state index contributed by atoms with van der Waals surface area (Å²) in [6.45, 7) is 12.1. The molecule has 1 atom stereocenters. The molecule has 0 radical (unpaired) electrons. The number of rotatable bonds is 5. The van der Waals surface area contributed by atoms with Crippen LogP contribution in [0.2, 0.25) is 0 Å². The van der Waals surface area contributed by atoms with Gasteiger partial charge >= 0.3 is 24.3 Å². The molecule has 1 aromatic carbocycles. The Labute approximate surface area is 259 Å². The maximum Gasteiger partial charge on any atom is 0.490 e. The number of alkyl halides is 6. The average molecular weight is 662 g/mol. The van der Waals surface area contributed by atoms with Gasteiger partial charge in [0.05, 0.1) is 12.5 Å². The van der Waals surface area contributed by atoms with Gasteiger partial charge in [-0.05, 0) is 49.9 Å². The molecular formula is C29H33F6N5O6. The number of carbonyl (C=O) groups excluding carboxylic acids is 2. The van der Waals surface area contributed by atoms with Gasteiger partial charge in [-0.25, -0.2) is 14.6 Å². The normalized spacial score (nSPS) is 12.3. The average Bonchev–Trinajstić information content (AvgIpc) is 3.45. The van der Waals surface area contributed by atoms with E-state index in [9.17, 15) is 35.9 Å². The number of H-pyrrole nitrogens is 1. The molecule has 4 N–H and O–H groups in total. The van der Waals surface area contributed by atoms with Crippen molar-refractivity contribution in [2.24, 2.45) is 0 Å². The summed E-state index contributed by atoms with van der Waals surface area (Å²) in [7, 11) is 0. The Bertz CT molecular complexity index is 1420. The summed E-state index contributed by atoms with van der Waals surface area (Å²) in [5.74, 6) is -6.16. The molecule has 0 aliphatic rings. The molecule has 0 unspecified atom stereocenters. The number of nitrogens with zero attached hydrogens (tertiary/aromatic N) is 3. The molecule has 2 aromatic heterocycles. The highest BCUT2D eigenvalue weighted by molar-refractivity contribution is 6.09. The fourth-order valence-electron chi connectivity index (χ4n) is 3.40. The lowest BCUT2D eigenvalue weighted by atomic mass is 9.87. The Kier molecular flexibility index (Phi) is 13.0. The fourth-order valence-corrected chi connectivity index (χ4v) is 3.40. The monoisotopic (exact) mass is 661 g/mol. The second kappa shape index (κ2) is 15.4. The molecule has 17 heteroatoms. The first-order chi connectivity index (χ1) is 20.9. The number of pyridine rings is 1. The van der Waals surface area contributed by atoms with Gasteiger partial charge in [0, 0.05) is 29.2 Å². The topological polar surface area (TPSA) is 166 Å². The molecule has 3 rings (SSSR count). The third-order valence-electron chi connectivity index (χ3n) is 5.45. The molecule has 0 saturated carbocycles. The minimum atomic E-state index is -5.08. The summed E-state index contributed by atoms with van der Waals surface area (Å²) in [4.78, 5) is 57.5. The van der Waals surface area contributed by atoms with E-state index in [1.807, 2.05) is 45.0 Å². The van der Waals surface area contributed by atoms with E-state index < -0.39 is 35.9 Å². The minimum absolute atomic E-state index is 0.0386. The predicted molar refractivity (Wildman–Crippen MR) is 153 cm³/mol. The Morgan fingerprint density at radius 2 is 1.30 bits per heavy atom. The zero-order valence-electron chi connectivity index (χ0n) is 25.5. The largest absolute Gasteiger partial charge is 0.490 e. The zero-order chi connectivity index (χ0) is 35.7. The molecule has 46 heavy (non-hydrogen) atoms. The van der Waals surface area contributed by atoms with Crippen LogP contribution < -0.4 is 10.2 Å². The number of carboxylic acid groups (broad SMARTS) is 2. The Hall–Kier alpha value is -4.96. The van der Waals surface area contributed by atoms with Gasteiger partial charge in [-0.2, -0.15) is 26.3 Å². The van der Waals surface area contributed by atoms with Gasteiger partial charge in [-0.3, -0.25) is 19.5 Å². The maximum absolute atomic E-state index is 13.6. The van der Waals surface area contributed by atoms with Gasteiger partial charge in [0.2, 0.25) is 5.91 Å². The molecule has 2 heterocycles. The van der Waals surface area contributed by atoms with Gasteiger partial charge in [-0.1, -0.05) is 39.0 Å². The van der Waals surface area contributed by atoms with E-state index in [2.05, 4.69) is 41.0 Å². The number of amides is 2. The molecule has 11 nitrogen and oxygen atoms in total. The second-order valence-electron chi connectivity index (χ2n) is 11.5. The van der Waals surface area contributed by atoms with Crippen LogP contribution in [0.4, 0.5) is 32.0 Å². The number of aromatic amines is 1. The molecule has 0 aliphatic heterocycles. The van der Waals surface area contributed by atoms with E-state index in [0.717, 1.165) is 5.56 Å². The van der Waals surface area contributed by atoms with Crippen molar-refractivity contribution in [3.63, 3.8) is 0 Å². The van der Waals surface area contributed by atoms with Gasteiger partial charge in [0.1, 0.15) is 11.7 Å². The molecule has 0 saturated heterocycles. The lowest BCUT2D eigenvalue weighted by Crippen LogP contribution is -2.49. The molecule has 0 spiro atoms. The van der Waals surface area contributed by atoms with Crippen molar-refractivity contribution in [2.75, 3.05) is 4.90 Å². The van der Waals surface area contributed by atoms with Crippen LogP contribution in [0.1, 0.15) is 69.2 Å². The summed E-state index contributed by atoms with van der Waals surface area (Å²) < 4.78 is 63.5. The van der Waals surface area contributed by atoms with Crippen LogP contribution in [0.5, 0.6) is 0 Å². The van der Waals surface area contributed by atoms with Crippen molar-refractivity contribution in [2.45, 2.75) is 70.9 Å². The van der Waals surface area contributed by atoms with Gasteiger partial charge in [-0.15, -0.1) is 0 Å². The summed E-state index contributed by atoms with van der Waals surface area (Å²) in [6.07, 6.45) is -4.01. The first kappa shape index (κ1) is 39.1. The van der Waals surface area contributed by atoms with Crippen molar-refractivity contribution in [1.29, 1.82) is 0 Å². The number of halogens is 6. The molecule has 0 fully saturated rings. The van der Waals surface area contributed by atoms with Crippen molar-refractivity contribution in [3.05, 3.63) is 78.1 Å². The highest BCUT2D eigenvalue weighted by atomic mass is 19.4. The van der Waals surface area contributed by atoms with Crippen molar-refractivity contribution in [1.82, 2.24) is 20.3 Å². The molecule has 252 valence electrons. The number of aromatic nitrogens is 3.